The Bertz CT molecular complexity index is 845. The molecule has 1 saturated heterocycles. The Morgan fingerprint density at radius 2 is 1.86 bits per heavy atom. The second-order valence-electron chi connectivity index (χ2n) is 6.88. The number of amides is 2. The SMILES string of the molecule is COc1ccc(NC(C)=O)cc1NC(=O)C1CCN(c2ccc(C)nn2)CC1. The van der Waals surface area contributed by atoms with Crippen molar-refractivity contribution < 1.29 is 14.3 Å². The summed E-state index contributed by atoms with van der Waals surface area (Å²) in [6, 6.07) is 9.06. The molecule has 0 bridgehead atoms. The maximum absolute atomic E-state index is 12.8. The van der Waals surface area contributed by atoms with E-state index in [1.807, 2.05) is 19.1 Å². The van der Waals surface area contributed by atoms with E-state index in [0.717, 1.165) is 37.4 Å². The topological polar surface area (TPSA) is 96.5 Å². The molecule has 0 spiro atoms. The maximum atomic E-state index is 12.8. The van der Waals surface area contributed by atoms with Gasteiger partial charge in [-0.3, -0.25) is 9.59 Å². The zero-order valence-electron chi connectivity index (χ0n) is 16.4. The molecule has 28 heavy (non-hydrogen) atoms. The van der Waals surface area contributed by atoms with Crippen LogP contribution in [0.1, 0.15) is 25.5 Å². The average molecular weight is 383 g/mol. The number of benzene rings is 1. The van der Waals surface area contributed by atoms with Crippen molar-refractivity contribution in [1.29, 1.82) is 0 Å². The van der Waals surface area contributed by atoms with Crippen LogP contribution in [-0.2, 0) is 9.59 Å². The molecule has 8 heteroatoms. The van der Waals surface area contributed by atoms with E-state index in [4.69, 9.17) is 4.74 Å². The number of methoxy groups -OCH3 is 1. The molecule has 0 saturated carbocycles. The first-order valence-electron chi connectivity index (χ1n) is 9.28. The van der Waals surface area contributed by atoms with Gasteiger partial charge in [0.05, 0.1) is 18.5 Å². The fourth-order valence-corrected chi connectivity index (χ4v) is 3.25. The van der Waals surface area contributed by atoms with E-state index in [1.54, 1.807) is 25.3 Å². The van der Waals surface area contributed by atoms with Crippen LogP contribution in [0.3, 0.4) is 0 Å². The number of nitrogens with zero attached hydrogens (tertiary/aromatic N) is 3. The molecule has 1 aliphatic rings. The molecule has 1 aromatic carbocycles. The van der Waals surface area contributed by atoms with Crippen LogP contribution in [0.2, 0.25) is 0 Å². The van der Waals surface area contributed by atoms with Gasteiger partial charge in [-0.15, -0.1) is 5.10 Å². The first-order chi connectivity index (χ1) is 13.5. The van der Waals surface area contributed by atoms with Crippen molar-refractivity contribution in [3.8, 4) is 5.75 Å². The van der Waals surface area contributed by atoms with Crippen LogP contribution in [0.15, 0.2) is 30.3 Å². The quantitative estimate of drug-likeness (QED) is 0.824. The van der Waals surface area contributed by atoms with E-state index in [2.05, 4.69) is 25.7 Å². The van der Waals surface area contributed by atoms with Crippen LogP contribution in [0.25, 0.3) is 0 Å². The summed E-state index contributed by atoms with van der Waals surface area (Å²) in [7, 11) is 1.55. The molecule has 0 unspecified atom stereocenters. The van der Waals surface area contributed by atoms with Crippen molar-refractivity contribution in [3.63, 3.8) is 0 Å². The fourth-order valence-electron chi connectivity index (χ4n) is 3.25. The number of carbonyl (C=O) groups excluding carboxylic acids is 2. The second kappa shape index (κ2) is 8.69. The van der Waals surface area contributed by atoms with Crippen LogP contribution in [0, 0.1) is 12.8 Å². The van der Waals surface area contributed by atoms with Gasteiger partial charge in [-0.25, -0.2) is 0 Å². The van der Waals surface area contributed by atoms with E-state index in [0.29, 0.717) is 17.1 Å². The van der Waals surface area contributed by atoms with Crippen molar-refractivity contribution in [2.45, 2.75) is 26.7 Å². The molecule has 2 N–H and O–H groups in total. The highest BCUT2D eigenvalue weighted by Crippen LogP contribution is 2.30. The van der Waals surface area contributed by atoms with Gasteiger partial charge in [0.25, 0.3) is 0 Å². The van der Waals surface area contributed by atoms with Crippen LogP contribution < -0.4 is 20.3 Å². The number of aromatic nitrogens is 2. The molecule has 2 heterocycles. The average Bonchev–Trinajstić information content (AvgIpc) is 2.68. The highest BCUT2D eigenvalue weighted by atomic mass is 16.5. The first kappa shape index (κ1) is 19.6. The minimum absolute atomic E-state index is 0.0482. The number of hydrogen-bond acceptors (Lipinski definition) is 6. The molecule has 2 amide bonds. The molecule has 8 nitrogen and oxygen atoms in total. The molecule has 0 aliphatic carbocycles. The van der Waals surface area contributed by atoms with Crippen molar-refractivity contribution >= 4 is 29.0 Å². The maximum Gasteiger partial charge on any atom is 0.227 e. The van der Waals surface area contributed by atoms with Crippen LogP contribution >= 0.6 is 0 Å². The van der Waals surface area contributed by atoms with Gasteiger partial charge in [-0.2, -0.15) is 5.10 Å². The van der Waals surface area contributed by atoms with Gasteiger partial charge in [-0.1, -0.05) is 0 Å². The van der Waals surface area contributed by atoms with Gasteiger partial charge in [0.15, 0.2) is 5.82 Å². The molecule has 2 aromatic rings. The number of rotatable bonds is 5. The van der Waals surface area contributed by atoms with Gasteiger partial charge in [-0.05, 0) is 50.1 Å². The normalized spacial score (nSPS) is 14.5. The lowest BCUT2D eigenvalue weighted by Gasteiger charge is -2.31. The third kappa shape index (κ3) is 4.76. The highest BCUT2D eigenvalue weighted by molar-refractivity contribution is 5.96. The van der Waals surface area contributed by atoms with Gasteiger partial charge in [0.1, 0.15) is 5.75 Å². The third-order valence-corrected chi connectivity index (χ3v) is 4.75. The molecular weight excluding hydrogens is 358 g/mol. The molecule has 3 rings (SSSR count). The number of aryl methyl sites for hydroxylation is 1. The second-order valence-corrected chi connectivity index (χ2v) is 6.88. The van der Waals surface area contributed by atoms with E-state index in [1.165, 1.54) is 6.92 Å². The highest BCUT2D eigenvalue weighted by Gasteiger charge is 2.26. The Morgan fingerprint density at radius 3 is 2.46 bits per heavy atom. The van der Waals surface area contributed by atoms with E-state index in [-0.39, 0.29) is 17.7 Å². The number of ether oxygens (including phenoxy) is 1. The predicted molar refractivity (Wildman–Crippen MR) is 108 cm³/mol. The third-order valence-electron chi connectivity index (χ3n) is 4.75. The Kier molecular flexibility index (Phi) is 6.08. The van der Waals surface area contributed by atoms with E-state index >= 15 is 0 Å². The first-order valence-corrected chi connectivity index (χ1v) is 9.28. The summed E-state index contributed by atoms with van der Waals surface area (Å²) in [4.78, 5) is 26.2. The van der Waals surface area contributed by atoms with Gasteiger partial charge in [0, 0.05) is 31.6 Å². The lowest BCUT2D eigenvalue weighted by Crippen LogP contribution is -2.38. The summed E-state index contributed by atoms with van der Waals surface area (Å²) in [6.07, 6.45) is 1.46. The number of carbonyl (C=O) groups is 2. The lowest BCUT2D eigenvalue weighted by atomic mass is 9.95. The zero-order valence-corrected chi connectivity index (χ0v) is 16.4. The van der Waals surface area contributed by atoms with Crippen molar-refractivity contribution in [1.82, 2.24) is 10.2 Å². The van der Waals surface area contributed by atoms with Gasteiger partial charge in [0.2, 0.25) is 11.8 Å². The Labute approximate surface area is 164 Å². The Balaban J connectivity index is 1.62. The van der Waals surface area contributed by atoms with E-state index < -0.39 is 0 Å². The van der Waals surface area contributed by atoms with Gasteiger partial charge >= 0.3 is 0 Å². The number of piperidine rings is 1. The monoisotopic (exact) mass is 383 g/mol. The number of nitrogens with one attached hydrogen (secondary N) is 2. The minimum Gasteiger partial charge on any atom is -0.495 e. The molecule has 148 valence electrons. The Morgan fingerprint density at radius 1 is 1.11 bits per heavy atom. The predicted octanol–water partition coefficient (Wildman–Crippen LogP) is 2.61. The smallest absolute Gasteiger partial charge is 0.227 e. The summed E-state index contributed by atoms with van der Waals surface area (Å²) < 4.78 is 5.33. The summed E-state index contributed by atoms with van der Waals surface area (Å²) >= 11 is 0. The molecule has 1 aromatic heterocycles. The molecule has 0 radical (unpaired) electrons. The largest absolute Gasteiger partial charge is 0.495 e. The van der Waals surface area contributed by atoms with Crippen LogP contribution in [0.5, 0.6) is 5.75 Å². The summed E-state index contributed by atoms with van der Waals surface area (Å²) in [5, 5.41) is 14.0. The number of anilines is 3. The van der Waals surface area contributed by atoms with Crippen molar-refractivity contribution in [3.05, 3.63) is 36.0 Å². The Hall–Kier alpha value is -3.16. The van der Waals surface area contributed by atoms with Crippen molar-refractivity contribution in [2.75, 3.05) is 35.7 Å². The van der Waals surface area contributed by atoms with E-state index in [9.17, 15) is 9.59 Å². The summed E-state index contributed by atoms with van der Waals surface area (Å²) in [6.45, 7) is 4.84. The number of hydrogen-bond donors (Lipinski definition) is 2. The fraction of sp³-hybridized carbons (Fsp3) is 0.400. The summed E-state index contributed by atoms with van der Waals surface area (Å²) in [5.74, 6) is 1.08. The van der Waals surface area contributed by atoms with Crippen LogP contribution in [-0.4, -0.2) is 42.2 Å². The molecule has 1 fully saturated rings. The summed E-state index contributed by atoms with van der Waals surface area (Å²) in [5.41, 5.74) is 2.04. The lowest BCUT2D eigenvalue weighted by molar-refractivity contribution is -0.120. The molecular formula is C20H25N5O3. The standard InChI is InChI=1S/C20H25N5O3/c1-13-4-7-19(24-23-13)25-10-8-15(9-11-25)20(27)22-17-12-16(21-14(2)26)5-6-18(17)28-3/h4-7,12,15H,8-11H2,1-3H3,(H,21,26)(H,22,27). The van der Waals surface area contributed by atoms with Gasteiger partial charge < -0.3 is 20.3 Å². The van der Waals surface area contributed by atoms with Crippen LogP contribution in [0.4, 0.5) is 17.2 Å². The molecule has 0 atom stereocenters. The van der Waals surface area contributed by atoms with Crippen molar-refractivity contribution in [2.24, 2.45) is 5.92 Å². The minimum atomic E-state index is -0.172. The zero-order chi connectivity index (χ0) is 20.1. The molecule has 1 aliphatic heterocycles.